The van der Waals surface area contributed by atoms with E-state index in [9.17, 15) is 14.4 Å². The number of benzene rings is 2. The van der Waals surface area contributed by atoms with E-state index in [1.807, 2.05) is 49.6 Å². The van der Waals surface area contributed by atoms with E-state index in [0.717, 1.165) is 31.6 Å². The number of nitrogens with one attached hydrogen (secondary N) is 3. The van der Waals surface area contributed by atoms with Crippen LogP contribution in [-0.4, -0.2) is 99.5 Å². The van der Waals surface area contributed by atoms with Gasteiger partial charge in [0.05, 0.1) is 49.4 Å². The predicted octanol–water partition coefficient (Wildman–Crippen LogP) is 3.95. The van der Waals surface area contributed by atoms with Crippen molar-refractivity contribution >= 4 is 51.7 Å². The van der Waals surface area contributed by atoms with Crippen LogP contribution in [0.25, 0.3) is 22.1 Å². The van der Waals surface area contributed by atoms with E-state index >= 15 is 0 Å². The number of nitrogens with zero attached hydrogens (tertiary/aromatic N) is 6. The van der Waals surface area contributed by atoms with Gasteiger partial charge in [-0.05, 0) is 56.0 Å². The van der Waals surface area contributed by atoms with Gasteiger partial charge in [-0.25, -0.2) is 15.0 Å². The number of carbonyl (C=O) groups excluding carboxylic acids is 3. The summed E-state index contributed by atoms with van der Waals surface area (Å²) < 4.78 is 32.8. The fourth-order valence-electron chi connectivity index (χ4n) is 7.49. The van der Waals surface area contributed by atoms with Crippen molar-refractivity contribution in [2.24, 2.45) is 11.5 Å². The van der Waals surface area contributed by atoms with Crippen molar-refractivity contribution in [2.45, 2.75) is 72.8 Å². The second-order valence-corrected chi connectivity index (χ2v) is 14.6. The monoisotopic (exact) mass is 839 g/mol. The van der Waals surface area contributed by atoms with Gasteiger partial charge in [-0.15, -0.1) is 0 Å². The molecule has 1 atom stereocenters. The Morgan fingerprint density at radius 2 is 1.61 bits per heavy atom. The molecule has 19 heteroatoms. The largest absolute Gasteiger partial charge is 0.494 e. The van der Waals surface area contributed by atoms with Crippen LogP contribution in [0.15, 0.2) is 52.3 Å². The molecule has 19 nitrogen and oxygen atoms in total. The number of carbonyl (C=O) groups is 3. The zero-order chi connectivity index (χ0) is 43.2. The highest BCUT2D eigenvalue weighted by atomic mass is 16.5. The topological polar surface area (TPSA) is 241 Å². The summed E-state index contributed by atoms with van der Waals surface area (Å²) in [6.45, 7) is 12.3. The van der Waals surface area contributed by atoms with Crippen molar-refractivity contribution in [3.05, 3.63) is 76.3 Å². The molecule has 5 heterocycles. The minimum atomic E-state index is -0.647. The number of primary amides is 1. The molecule has 0 aliphatic carbocycles. The molecule has 1 saturated heterocycles. The number of rotatable bonds is 18. The second-order valence-electron chi connectivity index (χ2n) is 14.6. The Hall–Kier alpha value is -6.44. The number of ether oxygens (including phenoxy) is 4. The van der Waals surface area contributed by atoms with E-state index in [2.05, 4.69) is 25.8 Å². The average molecular weight is 840 g/mol. The van der Waals surface area contributed by atoms with Crippen LogP contribution in [0, 0.1) is 6.92 Å². The van der Waals surface area contributed by atoms with Crippen LogP contribution >= 0.6 is 0 Å². The zero-order valence-corrected chi connectivity index (χ0v) is 35.1. The smallest absolute Gasteiger partial charge is 0.295 e. The molecule has 3 aromatic heterocycles. The number of imidazole rings is 2. The van der Waals surface area contributed by atoms with Gasteiger partial charge >= 0.3 is 0 Å². The molecule has 3 amide bonds. The maximum Gasteiger partial charge on any atom is 0.295 e. The maximum atomic E-state index is 13.8. The number of hydrogen-bond donors (Lipinski definition) is 5. The second kappa shape index (κ2) is 18.9. The summed E-state index contributed by atoms with van der Waals surface area (Å²) in [7, 11) is 1.56. The fourth-order valence-corrected chi connectivity index (χ4v) is 7.49. The lowest BCUT2D eigenvalue weighted by Crippen LogP contribution is -2.37. The van der Waals surface area contributed by atoms with E-state index in [4.69, 9.17) is 44.8 Å². The first kappa shape index (κ1) is 42.7. The van der Waals surface area contributed by atoms with Crippen LogP contribution in [-0.2, 0) is 40.3 Å². The summed E-state index contributed by atoms with van der Waals surface area (Å²) in [4.78, 5) is 56.1. The van der Waals surface area contributed by atoms with Crippen LogP contribution in [0.5, 0.6) is 11.5 Å². The van der Waals surface area contributed by atoms with Crippen LogP contribution in [0.1, 0.15) is 71.7 Å². The third-order valence-corrected chi connectivity index (χ3v) is 10.4. The van der Waals surface area contributed by atoms with Crippen molar-refractivity contribution in [1.29, 1.82) is 0 Å². The van der Waals surface area contributed by atoms with Crippen molar-refractivity contribution in [3.63, 3.8) is 0 Å². The molecule has 2 aromatic carbocycles. The average Bonchev–Trinajstić information content (AvgIpc) is 4.02. The van der Waals surface area contributed by atoms with Gasteiger partial charge in [0.1, 0.15) is 22.5 Å². The van der Waals surface area contributed by atoms with Gasteiger partial charge in [-0.3, -0.25) is 29.9 Å². The van der Waals surface area contributed by atoms with E-state index in [1.54, 1.807) is 30.7 Å². The predicted molar refractivity (Wildman–Crippen MR) is 227 cm³/mol. The fraction of sp³-hybridized carbons (Fsp3) is 0.429. The molecule has 0 saturated carbocycles. The van der Waals surface area contributed by atoms with E-state index in [-0.39, 0.29) is 54.8 Å². The Bertz CT molecular complexity index is 2490. The van der Waals surface area contributed by atoms with Crippen molar-refractivity contribution < 1.29 is 37.7 Å². The number of morpholine rings is 1. The first-order valence-corrected chi connectivity index (χ1v) is 20.5. The molecule has 61 heavy (non-hydrogen) atoms. The van der Waals surface area contributed by atoms with E-state index in [1.165, 1.54) is 0 Å². The number of amides is 3. The standard InChI is InChI=1S/C42H53N11O8/c1-6-28-36(60-24(3)45-28)39(55)49-41-47-30-19-26(23-43)20-32(57-5)34(30)52(41)12-8-9-13-53-35-31(48-42(53)50-40(56)37-29(7-2)46-25(4)61-37)21-27(38(44)54)22-33(35)59-16-10-11-51-14-17-58-18-15-51/h8-9,19-22,25,46H,6-7,10-18,23,43H2,1-5H3,(H2,44,54)(H,47,49,55)(H,48,50,56)/b9-8+. The molecule has 2 aliphatic heterocycles. The summed E-state index contributed by atoms with van der Waals surface area (Å²) in [6.07, 6.45) is 5.18. The number of anilines is 2. The van der Waals surface area contributed by atoms with E-state index < -0.39 is 17.7 Å². The van der Waals surface area contributed by atoms with Crippen molar-refractivity contribution in [2.75, 3.05) is 57.2 Å². The number of nitrogens with two attached hydrogens (primary N) is 2. The van der Waals surface area contributed by atoms with Crippen molar-refractivity contribution in [1.82, 2.24) is 34.3 Å². The van der Waals surface area contributed by atoms with Gasteiger partial charge in [0.15, 0.2) is 12.1 Å². The summed E-state index contributed by atoms with van der Waals surface area (Å²) in [5.41, 5.74) is 16.1. The molecule has 0 bridgehead atoms. The number of aryl methyl sites for hydroxylation is 2. The third-order valence-electron chi connectivity index (χ3n) is 10.4. The van der Waals surface area contributed by atoms with Gasteiger partial charge in [0.2, 0.25) is 29.3 Å². The number of fused-ring (bicyclic) bond motifs is 2. The molecule has 1 unspecified atom stereocenters. The molecule has 0 spiro atoms. The highest BCUT2D eigenvalue weighted by Gasteiger charge is 2.28. The Labute approximate surface area is 352 Å². The Morgan fingerprint density at radius 3 is 2.25 bits per heavy atom. The highest BCUT2D eigenvalue weighted by molar-refractivity contribution is 6.04. The minimum absolute atomic E-state index is 0.110. The number of allylic oxidation sites excluding steroid dienone is 3. The Morgan fingerprint density at radius 1 is 0.934 bits per heavy atom. The lowest BCUT2D eigenvalue weighted by atomic mass is 10.1. The van der Waals surface area contributed by atoms with Gasteiger partial charge < -0.3 is 49.3 Å². The highest BCUT2D eigenvalue weighted by Crippen LogP contribution is 2.33. The van der Waals surface area contributed by atoms with Gasteiger partial charge in [-0.2, -0.15) is 0 Å². The maximum absolute atomic E-state index is 13.8. The van der Waals surface area contributed by atoms with Crippen LogP contribution < -0.4 is 36.9 Å². The summed E-state index contributed by atoms with van der Waals surface area (Å²) >= 11 is 0. The quantitative estimate of drug-likeness (QED) is 0.0621. The zero-order valence-electron chi connectivity index (χ0n) is 35.1. The number of methoxy groups -OCH3 is 1. The number of aromatic nitrogens is 5. The summed E-state index contributed by atoms with van der Waals surface area (Å²) in [5, 5.41) is 9.03. The van der Waals surface area contributed by atoms with Crippen LogP contribution in [0.4, 0.5) is 11.9 Å². The number of hydrogen-bond acceptors (Lipinski definition) is 14. The van der Waals surface area contributed by atoms with Crippen LogP contribution in [0.3, 0.4) is 0 Å². The van der Waals surface area contributed by atoms with Gasteiger partial charge in [0, 0.05) is 51.8 Å². The third kappa shape index (κ3) is 9.33. The van der Waals surface area contributed by atoms with Crippen LogP contribution in [0.2, 0.25) is 0 Å². The normalized spacial score (nSPS) is 15.7. The van der Waals surface area contributed by atoms with Gasteiger partial charge in [0.25, 0.3) is 11.8 Å². The van der Waals surface area contributed by atoms with Gasteiger partial charge in [-0.1, -0.05) is 26.0 Å². The lowest BCUT2D eigenvalue weighted by Gasteiger charge is -2.26. The molecular weight excluding hydrogens is 787 g/mol. The Kier molecular flexibility index (Phi) is 13.2. The summed E-state index contributed by atoms with van der Waals surface area (Å²) in [6, 6.07) is 6.87. The molecule has 2 aliphatic rings. The molecule has 5 aromatic rings. The Balaban J connectivity index is 1.24. The molecule has 1 fully saturated rings. The molecular formula is C42H53N11O8. The number of oxazole rings is 1. The SMILES string of the molecule is CCC1=C(C(=O)Nc2nc3cc(C(N)=O)cc(OCCCN4CCOCC4)c3n2C/C=C/Cn2c(NC(=O)c3oc(C)nc3CC)nc3cc(CN)cc(OC)c32)OC(C)N1. The lowest BCUT2D eigenvalue weighted by molar-refractivity contribution is -0.116. The first-order chi connectivity index (χ1) is 29.5. The minimum Gasteiger partial charge on any atom is -0.494 e. The molecule has 7 N–H and O–H groups in total. The first-order valence-electron chi connectivity index (χ1n) is 20.5. The summed E-state index contributed by atoms with van der Waals surface area (Å²) in [5.74, 6) is 0.386. The van der Waals surface area contributed by atoms with Crippen molar-refractivity contribution in [3.8, 4) is 11.5 Å². The molecule has 324 valence electrons. The molecule has 0 radical (unpaired) electrons. The molecule has 7 rings (SSSR count). The van der Waals surface area contributed by atoms with E-state index in [0.29, 0.717) is 83.5 Å².